The number of amides is 1. The van der Waals surface area contributed by atoms with Gasteiger partial charge in [0.15, 0.2) is 23.2 Å². The number of carbonyl (C=O) groups excluding carboxylic acids is 2. The molecule has 3 heterocycles. The van der Waals surface area contributed by atoms with Crippen LogP contribution in [-0.4, -0.2) is 56.7 Å². The lowest BCUT2D eigenvalue weighted by atomic mass is 10.1. The van der Waals surface area contributed by atoms with Crippen molar-refractivity contribution in [2.75, 3.05) is 18.0 Å². The Balaban J connectivity index is 1.56. The van der Waals surface area contributed by atoms with Gasteiger partial charge in [-0.1, -0.05) is 18.2 Å². The molecule has 0 unspecified atom stereocenters. The van der Waals surface area contributed by atoms with Crippen molar-refractivity contribution in [3.05, 3.63) is 59.4 Å². The number of hydrogen-bond donors (Lipinski definition) is 1. The smallest absolute Gasteiger partial charge is 0.350 e. The molecule has 1 saturated heterocycles. The van der Waals surface area contributed by atoms with Crippen molar-refractivity contribution in [2.45, 2.75) is 25.7 Å². The number of nitrogens with one attached hydrogen (secondary N) is 1. The average Bonchev–Trinajstić information content (AvgIpc) is 3.16. The first-order valence-corrected chi connectivity index (χ1v) is 10.0. The minimum Gasteiger partial charge on any atom is -0.350 e. The van der Waals surface area contributed by atoms with Crippen molar-refractivity contribution in [1.82, 2.24) is 25.1 Å². The van der Waals surface area contributed by atoms with Crippen molar-refractivity contribution in [3.63, 3.8) is 0 Å². The summed E-state index contributed by atoms with van der Waals surface area (Å²) in [5, 5.41) is 6.09. The van der Waals surface area contributed by atoms with Gasteiger partial charge in [0, 0.05) is 25.6 Å². The van der Waals surface area contributed by atoms with Crippen LogP contribution in [0.25, 0.3) is 11.5 Å². The summed E-state index contributed by atoms with van der Waals surface area (Å²) in [4.78, 5) is 32.5. The van der Waals surface area contributed by atoms with E-state index in [0.717, 1.165) is 6.20 Å². The third-order valence-electron chi connectivity index (χ3n) is 5.15. The first kappa shape index (κ1) is 23.3. The molecule has 8 nitrogen and oxygen atoms in total. The predicted octanol–water partition coefficient (Wildman–Crippen LogP) is 2.74. The maximum atomic E-state index is 14.3. The monoisotopic (exact) mass is 480 g/mol. The highest BCUT2D eigenvalue weighted by molar-refractivity contribution is 5.93. The zero-order valence-corrected chi connectivity index (χ0v) is 17.6. The lowest BCUT2D eigenvalue weighted by Crippen LogP contribution is -2.61. The van der Waals surface area contributed by atoms with Gasteiger partial charge >= 0.3 is 12.1 Å². The van der Waals surface area contributed by atoms with Crippen LogP contribution in [-0.2, 0) is 11.3 Å². The number of nitrogens with zero attached hydrogens (tertiary/aromatic N) is 5. The minimum absolute atomic E-state index is 0.0334. The molecule has 3 aromatic rings. The molecule has 1 N–H and O–H groups in total. The molecule has 0 atom stereocenters. The van der Waals surface area contributed by atoms with Gasteiger partial charge in [-0.15, -0.1) is 0 Å². The van der Waals surface area contributed by atoms with Gasteiger partial charge < -0.3 is 10.2 Å². The fraction of sp³-hybridized carbons (Fsp3) is 0.286. The van der Waals surface area contributed by atoms with E-state index in [4.69, 9.17) is 0 Å². The van der Waals surface area contributed by atoms with Crippen molar-refractivity contribution in [1.29, 1.82) is 0 Å². The molecule has 178 valence electrons. The van der Waals surface area contributed by atoms with Crippen LogP contribution in [0, 0.1) is 11.6 Å². The van der Waals surface area contributed by atoms with E-state index in [2.05, 4.69) is 15.1 Å². The van der Waals surface area contributed by atoms with E-state index < -0.39 is 29.8 Å². The number of carbonyl (C=O) groups is 2. The van der Waals surface area contributed by atoms with Crippen LogP contribution < -0.4 is 10.2 Å². The Bertz CT molecular complexity index is 1250. The van der Waals surface area contributed by atoms with Gasteiger partial charge in [0.2, 0.25) is 0 Å². The summed E-state index contributed by atoms with van der Waals surface area (Å²) in [6.45, 7) is 1.10. The molecule has 34 heavy (non-hydrogen) atoms. The highest BCUT2D eigenvalue weighted by Crippen LogP contribution is 2.26. The maximum Gasteiger partial charge on any atom is 0.471 e. The lowest BCUT2D eigenvalue weighted by molar-refractivity contribution is -0.174. The van der Waals surface area contributed by atoms with Crippen LogP contribution >= 0.6 is 0 Å². The van der Waals surface area contributed by atoms with Crippen LogP contribution in [0.2, 0.25) is 0 Å². The normalized spacial score (nSPS) is 14.1. The molecular weight excluding hydrogens is 463 g/mol. The van der Waals surface area contributed by atoms with E-state index in [9.17, 15) is 31.5 Å². The first-order valence-electron chi connectivity index (χ1n) is 10.0. The third-order valence-corrected chi connectivity index (χ3v) is 5.15. The molecule has 0 spiro atoms. The molecule has 1 amide bonds. The van der Waals surface area contributed by atoms with E-state index in [1.165, 1.54) is 34.7 Å². The molecule has 2 aromatic heterocycles. The van der Waals surface area contributed by atoms with Crippen LogP contribution in [0.5, 0.6) is 0 Å². The number of Topliss-reactive ketones (excluding diaryl/α,β-unsaturated/α-hetero) is 1. The van der Waals surface area contributed by atoms with Crippen LogP contribution in [0.15, 0.2) is 36.5 Å². The Morgan fingerprint density at radius 3 is 2.50 bits per heavy atom. The summed E-state index contributed by atoms with van der Waals surface area (Å²) < 4.78 is 66.8. The van der Waals surface area contributed by atoms with Gasteiger partial charge in [0.1, 0.15) is 17.2 Å². The van der Waals surface area contributed by atoms with Gasteiger partial charge in [-0.05, 0) is 12.1 Å². The number of aromatic nitrogens is 4. The van der Waals surface area contributed by atoms with Crippen molar-refractivity contribution in [2.24, 2.45) is 0 Å². The zero-order chi connectivity index (χ0) is 24.6. The van der Waals surface area contributed by atoms with Crippen LogP contribution in [0.3, 0.4) is 0 Å². The third kappa shape index (κ3) is 4.72. The zero-order valence-electron chi connectivity index (χ0n) is 17.6. The SMILES string of the molecule is CC(=O)c1cc(-c2ncc(F)c(N3CC(NC(=O)C(F)(F)F)C3)n2)nn1Cc1ccccc1F. The Morgan fingerprint density at radius 1 is 1.15 bits per heavy atom. The molecule has 4 rings (SSSR count). The molecule has 1 fully saturated rings. The number of anilines is 1. The minimum atomic E-state index is -5.01. The number of ketones is 1. The molecule has 1 aliphatic rings. The van der Waals surface area contributed by atoms with Crippen molar-refractivity contribution >= 4 is 17.5 Å². The molecule has 0 radical (unpaired) electrons. The second kappa shape index (κ2) is 8.80. The van der Waals surface area contributed by atoms with Crippen molar-refractivity contribution in [3.8, 4) is 11.5 Å². The molecule has 0 aliphatic carbocycles. The number of halogens is 5. The van der Waals surface area contributed by atoms with E-state index in [-0.39, 0.29) is 48.4 Å². The van der Waals surface area contributed by atoms with E-state index in [0.29, 0.717) is 5.56 Å². The van der Waals surface area contributed by atoms with Gasteiger partial charge in [-0.2, -0.15) is 18.3 Å². The topological polar surface area (TPSA) is 93.0 Å². The molecule has 1 aliphatic heterocycles. The summed E-state index contributed by atoms with van der Waals surface area (Å²) in [7, 11) is 0. The largest absolute Gasteiger partial charge is 0.471 e. The number of rotatable bonds is 6. The van der Waals surface area contributed by atoms with E-state index >= 15 is 0 Å². The summed E-state index contributed by atoms with van der Waals surface area (Å²) in [6.07, 6.45) is -4.13. The lowest BCUT2D eigenvalue weighted by Gasteiger charge is -2.40. The number of benzene rings is 1. The maximum absolute atomic E-state index is 14.3. The summed E-state index contributed by atoms with van der Waals surface area (Å²) in [5.41, 5.74) is 0.588. The van der Waals surface area contributed by atoms with Gasteiger partial charge in [0.25, 0.3) is 0 Å². The fourth-order valence-electron chi connectivity index (χ4n) is 3.43. The molecular formula is C21H17F5N6O2. The van der Waals surface area contributed by atoms with Gasteiger partial charge in [0.05, 0.1) is 18.8 Å². The number of hydrogen-bond acceptors (Lipinski definition) is 6. The van der Waals surface area contributed by atoms with Crippen molar-refractivity contribution < 1.29 is 31.5 Å². The molecule has 0 saturated carbocycles. The van der Waals surface area contributed by atoms with E-state index in [1.807, 2.05) is 5.32 Å². The second-order valence-electron chi connectivity index (χ2n) is 7.66. The second-order valence-corrected chi connectivity index (χ2v) is 7.66. The highest BCUT2D eigenvalue weighted by atomic mass is 19.4. The number of alkyl halides is 3. The summed E-state index contributed by atoms with van der Waals surface area (Å²) in [6, 6.07) is 6.56. The van der Waals surface area contributed by atoms with Gasteiger partial charge in [-0.3, -0.25) is 14.3 Å². The summed E-state index contributed by atoms with van der Waals surface area (Å²) in [5.74, 6) is -3.92. The standard InChI is InChI=1S/C21H17F5N6O2/c1-11(33)17-6-16(30-32(17)8-12-4-2-3-5-14(12)22)18-27-7-15(23)19(29-18)31-9-13(10-31)28-20(34)21(24,25)26/h2-7,13H,8-10H2,1H3,(H,28,34). The predicted molar refractivity (Wildman–Crippen MR) is 109 cm³/mol. The Kier molecular flexibility index (Phi) is 6.02. The highest BCUT2D eigenvalue weighted by Gasteiger charge is 2.42. The van der Waals surface area contributed by atoms with Crippen LogP contribution in [0.4, 0.5) is 27.8 Å². The summed E-state index contributed by atoms with van der Waals surface area (Å²) >= 11 is 0. The molecule has 1 aromatic carbocycles. The van der Waals surface area contributed by atoms with Gasteiger partial charge in [-0.25, -0.2) is 18.7 Å². The quantitative estimate of drug-likeness (QED) is 0.431. The van der Waals surface area contributed by atoms with Crippen LogP contribution in [0.1, 0.15) is 23.0 Å². The molecule has 13 heteroatoms. The van der Waals surface area contributed by atoms with E-state index in [1.54, 1.807) is 12.1 Å². The Labute approximate surface area is 189 Å². The fourth-order valence-corrected chi connectivity index (χ4v) is 3.43. The molecule has 0 bridgehead atoms. The Morgan fingerprint density at radius 2 is 1.85 bits per heavy atom. The average molecular weight is 480 g/mol. The first-order chi connectivity index (χ1) is 16.0. The Hall–Kier alpha value is -3.90.